The van der Waals surface area contributed by atoms with Crippen LogP contribution in [0.25, 0.3) is 22.4 Å². The summed E-state index contributed by atoms with van der Waals surface area (Å²) < 4.78 is 36.3. The van der Waals surface area contributed by atoms with E-state index in [-0.39, 0.29) is 10.6 Å². The Labute approximate surface area is 120 Å². The van der Waals surface area contributed by atoms with Crippen molar-refractivity contribution in [3.8, 4) is 11.4 Å². The standard InChI is InChI=1S/C14H12FN3O2S/c1-21(19,20)9-3-5-12-13(7-9)18-14(17-12)8-2-4-10(15)11(16)6-8/h2-7H,16H2,1H3,(H,17,18). The minimum Gasteiger partial charge on any atom is -0.396 e. The lowest BCUT2D eigenvalue weighted by atomic mass is 10.2. The third kappa shape index (κ3) is 2.47. The predicted octanol–water partition coefficient (Wildman–Crippen LogP) is 2.35. The number of sulfone groups is 1. The monoisotopic (exact) mass is 305 g/mol. The summed E-state index contributed by atoms with van der Waals surface area (Å²) in [7, 11) is -3.28. The Balaban J connectivity index is 2.14. The maximum absolute atomic E-state index is 13.2. The fraction of sp³-hybridized carbons (Fsp3) is 0.0714. The van der Waals surface area contributed by atoms with Crippen molar-refractivity contribution >= 4 is 26.6 Å². The van der Waals surface area contributed by atoms with Gasteiger partial charge in [0.15, 0.2) is 9.84 Å². The number of nitrogens with two attached hydrogens (primary N) is 1. The Morgan fingerprint density at radius 3 is 2.62 bits per heavy atom. The number of rotatable bonds is 2. The second-order valence-corrected chi connectivity index (χ2v) is 6.79. The summed E-state index contributed by atoms with van der Waals surface area (Å²) in [5.74, 6) is 0.0107. The fourth-order valence-electron chi connectivity index (χ4n) is 2.05. The van der Waals surface area contributed by atoms with Gasteiger partial charge in [-0.15, -0.1) is 0 Å². The minimum atomic E-state index is -3.28. The molecule has 0 aliphatic carbocycles. The minimum absolute atomic E-state index is 0.0322. The smallest absolute Gasteiger partial charge is 0.175 e. The Hall–Kier alpha value is -2.41. The zero-order valence-corrected chi connectivity index (χ0v) is 11.9. The number of nitrogens with one attached hydrogen (secondary N) is 1. The Morgan fingerprint density at radius 2 is 1.95 bits per heavy atom. The molecule has 0 spiro atoms. The van der Waals surface area contributed by atoms with Gasteiger partial charge in [-0.05, 0) is 36.4 Å². The van der Waals surface area contributed by atoms with Crippen molar-refractivity contribution in [3.63, 3.8) is 0 Å². The highest BCUT2D eigenvalue weighted by molar-refractivity contribution is 7.90. The molecule has 21 heavy (non-hydrogen) atoms. The lowest BCUT2D eigenvalue weighted by Crippen LogP contribution is -1.96. The van der Waals surface area contributed by atoms with Gasteiger partial charge in [-0.3, -0.25) is 0 Å². The van der Waals surface area contributed by atoms with Crippen molar-refractivity contribution < 1.29 is 12.8 Å². The number of hydrogen-bond acceptors (Lipinski definition) is 4. The van der Waals surface area contributed by atoms with E-state index in [0.717, 1.165) is 6.26 Å². The maximum Gasteiger partial charge on any atom is 0.175 e. The Kier molecular flexibility index (Phi) is 2.94. The third-order valence-corrected chi connectivity index (χ3v) is 4.26. The van der Waals surface area contributed by atoms with E-state index in [1.807, 2.05) is 0 Å². The number of hydrogen-bond donors (Lipinski definition) is 2. The summed E-state index contributed by atoms with van der Waals surface area (Å²) in [5.41, 5.74) is 7.42. The number of imidazole rings is 1. The van der Waals surface area contributed by atoms with E-state index in [1.165, 1.54) is 24.3 Å². The van der Waals surface area contributed by atoms with Crippen LogP contribution in [0, 0.1) is 5.82 Å². The zero-order valence-electron chi connectivity index (χ0n) is 11.1. The van der Waals surface area contributed by atoms with Gasteiger partial charge in [0, 0.05) is 11.8 Å². The average Bonchev–Trinajstić information content (AvgIpc) is 2.83. The van der Waals surface area contributed by atoms with Gasteiger partial charge < -0.3 is 10.7 Å². The first-order valence-corrected chi connectivity index (χ1v) is 7.99. The van der Waals surface area contributed by atoms with Gasteiger partial charge in [-0.2, -0.15) is 0 Å². The first-order chi connectivity index (χ1) is 9.84. The lowest BCUT2D eigenvalue weighted by molar-refractivity contribution is 0.602. The molecular weight excluding hydrogens is 293 g/mol. The first kappa shape index (κ1) is 13.6. The highest BCUT2D eigenvalue weighted by Gasteiger charge is 2.11. The number of anilines is 1. The average molecular weight is 305 g/mol. The van der Waals surface area contributed by atoms with Crippen molar-refractivity contribution in [1.82, 2.24) is 9.97 Å². The number of aromatic amines is 1. The quantitative estimate of drug-likeness (QED) is 0.711. The summed E-state index contributed by atoms with van der Waals surface area (Å²) in [6, 6.07) is 8.94. The van der Waals surface area contributed by atoms with Crippen LogP contribution in [0.5, 0.6) is 0 Å². The SMILES string of the molecule is CS(=O)(=O)c1ccc2nc(-c3ccc(F)c(N)c3)[nH]c2c1. The fourth-order valence-corrected chi connectivity index (χ4v) is 2.69. The third-order valence-electron chi connectivity index (χ3n) is 3.15. The summed E-state index contributed by atoms with van der Waals surface area (Å²) in [5, 5.41) is 0. The highest BCUT2D eigenvalue weighted by atomic mass is 32.2. The summed E-state index contributed by atoms with van der Waals surface area (Å²) >= 11 is 0. The van der Waals surface area contributed by atoms with Crippen LogP contribution in [-0.2, 0) is 9.84 Å². The summed E-state index contributed by atoms with van der Waals surface area (Å²) in [4.78, 5) is 7.58. The number of H-pyrrole nitrogens is 1. The molecular formula is C14H12FN3O2S. The molecule has 0 unspecified atom stereocenters. The molecule has 3 aromatic rings. The molecule has 0 saturated heterocycles. The van der Waals surface area contributed by atoms with Crippen LogP contribution < -0.4 is 5.73 Å². The summed E-state index contributed by atoms with van der Waals surface area (Å²) in [6.45, 7) is 0. The predicted molar refractivity (Wildman–Crippen MR) is 79.0 cm³/mol. The van der Waals surface area contributed by atoms with Crippen LogP contribution in [0.15, 0.2) is 41.3 Å². The number of aromatic nitrogens is 2. The first-order valence-electron chi connectivity index (χ1n) is 6.10. The topological polar surface area (TPSA) is 88.8 Å². The van der Waals surface area contributed by atoms with Crippen LogP contribution in [0.3, 0.4) is 0 Å². The second-order valence-electron chi connectivity index (χ2n) is 4.77. The van der Waals surface area contributed by atoms with Gasteiger partial charge in [0.1, 0.15) is 11.6 Å². The van der Waals surface area contributed by atoms with Crippen LogP contribution >= 0.6 is 0 Å². The van der Waals surface area contributed by atoms with Crippen LogP contribution in [0.4, 0.5) is 10.1 Å². The Bertz CT molecular complexity index is 948. The molecule has 0 saturated carbocycles. The molecule has 5 nitrogen and oxygen atoms in total. The number of nitrogen functional groups attached to an aromatic ring is 1. The van der Waals surface area contributed by atoms with E-state index in [1.54, 1.807) is 12.1 Å². The molecule has 0 aliphatic rings. The van der Waals surface area contributed by atoms with Gasteiger partial charge in [0.05, 0.1) is 21.6 Å². The van der Waals surface area contributed by atoms with E-state index >= 15 is 0 Å². The molecule has 0 atom stereocenters. The van der Waals surface area contributed by atoms with Crippen LogP contribution in [0.1, 0.15) is 0 Å². The van der Waals surface area contributed by atoms with E-state index in [2.05, 4.69) is 9.97 Å². The van der Waals surface area contributed by atoms with Gasteiger partial charge in [-0.1, -0.05) is 0 Å². The van der Waals surface area contributed by atoms with Crippen molar-refractivity contribution in [1.29, 1.82) is 0 Å². The molecule has 0 fully saturated rings. The molecule has 1 heterocycles. The van der Waals surface area contributed by atoms with Gasteiger partial charge in [0.2, 0.25) is 0 Å². The van der Waals surface area contributed by atoms with Gasteiger partial charge >= 0.3 is 0 Å². The molecule has 7 heteroatoms. The van der Waals surface area contributed by atoms with Crippen molar-refractivity contribution in [2.45, 2.75) is 4.90 Å². The van der Waals surface area contributed by atoms with Crippen molar-refractivity contribution in [2.24, 2.45) is 0 Å². The van der Waals surface area contributed by atoms with Crippen LogP contribution in [-0.4, -0.2) is 24.6 Å². The lowest BCUT2D eigenvalue weighted by Gasteiger charge is -1.99. The molecule has 3 N–H and O–H groups in total. The number of halogens is 1. The molecule has 0 bridgehead atoms. The van der Waals surface area contributed by atoms with Crippen molar-refractivity contribution in [3.05, 3.63) is 42.2 Å². The van der Waals surface area contributed by atoms with E-state index in [4.69, 9.17) is 5.73 Å². The molecule has 3 rings (SSSR count). The summed E-state index contributed by atoms with van der Waals surface area (Å²) in [6.07, 6.45) is 1.14. The van der Waals surface area contributed by atoms with E-state index in [0.29, 0.717) is 22.4 Å². The normalized spacial score (nSPS) is 11.9. The molecule has 1 aromatic heterocycles. The molecule has 0 aliphatic heterocycles. The van der Waals surface area contributed by atoms with Gasteiger partial charge in [0.25, 0.3) is 0 Å². The largest absolute Gasteiger partial charge is 0.396 e. The Morgan fingerprint density at radius 1 is 1.19 bits per heavy atom. The molecule has 108 valence electrons. The molecule has 2 aromatic carbocycles. The number of nitrogens with zero attached hydrogens (tertiary/aromatic N) is 1. The van der Waals surface area contributed by atoms with Crippen molar-refractivity contribution in [2.75, 3.05) is 12.0 Å². The number of fused-ring (bicyclic) bond motifs is 1. The zero-order chi connectivity index (χ0) is 15.2. The van der Waals surface area contributed by atoms with E-state index < -0.39 is 15.7 Å². The van der Waals surface area contributed by atoms with Gasteiger partial charge in [-0.25, -0.2) is 17.8 Å². The molecule has 0 amide bonds. The maximum atomic E-state index is 13.2. The second kappa shape index (κ2) is 4.56. The number of benzene rings is 2. The van der Waals surface area contributed by atoms with Crippen LogP contribution in [0.2, 0.25) is 0 Å². The van der Waals surface area contributed by atoms with E-state index in [9.17, 15) is 12.8 Å². The molecule has 0 radical (unpaired) electrons. The highest BCUT2D eigenvalue weighted by Crippen LogP contribution is 2.25.